The van der Waals surface area contributed by atoms with Crippen molar-refractivity contribution in [2.75, 3.05) is 5.32 Å². The number of anilines is 1. The Morgan fingerprint density at radius 3 is 1.83 bits per heavy atom. The van der Waals surface area contributed by atoms with Crippen LogP contribution >= 0.6 is 0 Å². The number of alkyl halides is 6. The summed E-state index contributed by atoms with van der Waals surface area (Å²) in [6, 6.07) is 7.25. The summed E-state index contributed by atoms with van der Waals surface area (Å²) in [5.41, 5.74) is -2.74. The van der Waals surface area contributed by atoms with Gasteiger partial charge in [-0.25, -0.2) is 0 Å². The van der Waals surface area contributed by atoms with Gasteiger partial charge in [-0.3, -0.25) is 0 Å². The molecule has 0 amide bonds. The molecule has 0 saturated heterocycles. The van der Waals surface area contributed by atoms with Gasteiger partial charge in [0.15, 0.2) is 0 Å². The van der Waals surface area contributed by atoms with E-state index in [4.69, 9.17) is 0 Å². The van der Waals surface area contributed by atoms with Crippen LogP contribution in [-0.4, -0.2) is 5.11 Å². The van der Waals surface area contributed by atoms with E-state index in [2.05, 4.69) is 5.32 Å². The predicted octanol–water partition coefficient (Wildman–Crippen LogP) is 5.04. The number of hydrogen-bond donors (Lipinski definition) is 2. The number of benzene rings is 2. The van der Waals surface area contributed by atoms with Gasteiger partial charge in [0.25, 0.3) is 0 Å². The number of halogens is 6. The third-order valence-corrected chi connectivity index (χ3v) is 3.03. The highest BCUT2D eigenvalue weighted by Gasteiger charge is 2.36. The zero-order valence-corrected chi connectivity index (χ0v) is 11.5. The van der Waals surface area contributed by atoms with E-state index in [-0.39, 0.29) is 29.6 Å². The maximum absolute atomic E-state index is 12.7. The molecular weight excluding hydrogens is 324 g/mol. The van der Waals surface area contributed by atoms with Crippen molar-refractivity contribution in [3.63, 3.8) is 0 Å². The zero-order chi connectivity index (χ0) is 17.3. The molecule has 0 bridgehead atoms. The number of phenols is 1. The van der Waals surface area contributed by atoms with Crippen molar-refractivity contribution >= 4 is 5.69 Å². The maximum atomic E-state index is 12.7. The highest BCUT2D eigenvalue weighted by atomic mass is 19.4. The molecule has 0 saturated carbocycles. The normalized spacial score (nSPS) is 12.3. The van der Waals surface area contributed by atoms with Gasteiger partial charge in [-0.05, 0) is 35.9 Å². The van der Waals surface area contributed by atoms with Crippen molar-refractivity contribution in [3.8, 4) is 5.75 Å². The van der Waals surface area contributed by atoms with Crippen LogP contribution in [0.5, 0.6) is 5.75 Å². The average molecular weight is 335 g/mol. The second-order valence-corrected chi connectivity index (χ2v) is 4.78. The number of rotatable bonds is 3. The first-order chi connectivity index (χ1) is 10.6. The third-order valence-electron chi connectivity index (χ3n) is 3.03. The van der Waals surface area contributed by atoms with E-state index in [1.54, 1.807) is 6.07 Å². The van der Waals surface area contributed by atoms with Gasteiger partial charge in [-0.1, -0.05) is 12.1 Å². The van der Waals surface area contributed by atoms with E-state index in [0.29, 0.717) is 12.1 Å². The Balaban J connectivity index is 2.32. The molecule has 2 rings (SSSR count). The minimum absolute atomic E-state index is 0.0729. The van der Waals surface area contributed by atoms with E-state index < -0.39 is 23.5 Å². The van der Waals surface area contributed by atoms with Gasteiger partial charge in [0, 0.05) is 6.54 Å². The number of nitrogens with one attached hydrogen (secondary N) is 1. The molecule has 124 valence electrons. The summed E-state index contributed by atoms with van der Waals surface area (Å²) in [6.07, 6.45) is -9.77. The van der Waals surface area contributed by atoms with Crippen molar-refractivity contribution in [1.82, 2.24) is 0 Å². The molecule has 0 aliphatic rings. The van der Waals surface area contributed by atoms with Crippen LogP contribution < -0.4 is 5.32 Å². The van der Waals surface area contributed by atoms with Crippen LogP contribution in [0.3, 0.4) is 0 Å². The quantitative estimate of drug-likeness (QED) is 0.608. The summed E-state index contributed by atoms with van der Waals surface area (Å²) in [6.45, 7) is -0.301. The number of aromatic hydroxyl groups is 1. The fraction of sp³-hybridized carbons (Fsp3) is 0.200. The molecule has 0 atom stereocenters. The summed E-state index contributed by atoms with van der Waals surface area (Å²) in [7, 11) is 0. The van der Waals surface area contributed by atoms with Gasteiger partial charge >= 0.3 is 12.4 Å². The van der Waals surface area contributed by atoms with Crippen LogP contribution in [0.15, 0.2) is 42.5 Å². The summed E-state index contributed by atoms with van der Waals surface area (Å²) >= 11 is 0. The van der Waals surface area contributed by atoms with Gasteiger partial charge in [-0.15, -0.1) is 0 Å². The van der Waals surface area contributed by atoms with Gasteiger partial charge < -0.3 is 10.4 Å². The molecule has 0 aliphatic heterocycles. The summed E-state index contributed by atoms with van der Waals surface area (Å²) in [5, 5.41) is 12.1. The highest BCUT2D eigenvalue weighted by Crippen LogP contribution is 2.36. The standard InChI is InChI=1S/C15H11F6NO/c16-14(17,18)10-5-9(6-11(7-10)15(19,20)21)8-22-12-3-1-2-4-13(12)23/h1-7,22-23H,8H2. The van der Waals surface area contributed by atoms with E-state index >= 15 is 0 Å². The first-order valence-electron chi connectivity index (χ1n) is 6.37. The summed E-state index contributed by atoms with van der Waals surface area (Å²) in [5.74, 6) is -0.157. The molecule has 23 heavy (non-hydrogen) atoms. The lowest BCUT2D eigenvalue weighted by Crippen LogP contribution is -2.12. The van der Waals surface area contributed by atoms with Crippen LogP contribution in [-0.2, 0) is 18.9 Å². The fourth-order valence-electron chi connectivity index (χ4n) is 1.94. The van der Waals surface area contributed by atoms with Crippen LogP contribution in [0.4, 0.5) is 32.0 Å². The molecule has 0 unspecified atom stereocenters. The minimum atomic E-state index is -4.88. The van der Waals surface area contributed by atoms with E-state index in [1.807, 2.05) is 0 Å². The van der Waals surface area contributed by atoms with Crippen LogP contribution in [0.25, 0.3) is 0 Å². The van der Waals surface area contributed by atoms with Crippen LogP contribution in [0.2, 0.25) is 0 Å². The minimum Gasteiger partial charge on any atom is -0.506 e. The van der Waals surface area contributed by atoms with Crippen molar-refractivity contribution < 1.29 is 31.4 Å². The fourth-order valence-corrected chi connectivity index (χ4v) is 1.94. The second kappa shape index (κ2) is 6.02. The van der Waals surface area contributed by atoms with Crippen molar-refractivity contribution in [2.24, 2.45) is 0 Å². The van der Waals surface area contributed by atoms with E-state index in [0.717, 1.165) is 0 Å². The molecule has 2 aromatic carbocycles. The van der Waals surface area contributed by atoms with Crippen LogP contribution in [0.1, 0.15) is 16.7 Å². The number of hydrogen-bond acceptors (Lipinski definition) is 2. The lowest BCUT2D eigenvalue weighted by atomic mass is 10.0. The molecule has 2 aromatic rings. The molecule has 0 heterocycles. The zero-order valence-electron chi connectivity index (χ0n) is 11.5. The van der Waals surface area contributed by atoms with Gasteiger partial charge in [-0.2, -0.15) is 26.3 Å². The van der Waals surface area contributed by atoms with Gasteiger partial charge in [0.05, 0.1) is 16.8 Å². The molecule has 2 N–H and O–H groups in total. The molecule has 0 radical (unpaired) electrons. The maximum Gasteiger partial charge on any atom is 0.416 e. The lowest BCUT2D eigenvalue weighted by molar-refractivity contribution is -0.143. The predicted molar refractivity (Wildman–Crippen MR) is 71.9 cm³/mol. The molecule has 0 fully saturated rings. The average Bonchev–Trinajstić information content (AvgIpc) is 2.44. The molecule has 0 aliphatic carbocycles. The van der Waals surface area contributed by atoms with E-state index in [1.165, 1.54) is 18.2 Å². The topological polar surface area (TPSA) is 32.3 Å². The van der Waals surface area contributed by atoms with Crippen LogP contribution in [0, 0.1) is 0 Å². The lowest BCUT2D eigenvalue weighted by Gasteiger charge is -2.15. The third kappa shape index (κ3) is 4.30. The molecule has 0 aromatic heterocycles. The largest absolute Gasteiger partial charge is 0.506 e. The van der Waals surface area contributed by atoms with Crippen molar-refractivity contribution in [1.29, 1.82) is 0 Å². The highest BCUT2D eigenvalue weighted by molar-refractivity contribution is 5.55. The SMILES string of the molecule is Oc1ccccc1NCc1cc(C(F)(F)F)cc(C(F)(F)F)c1. The Morgan fingerprint density at radius 2 is 1.35 bits per heavy atom. The van der Waals surface area contributed by atoms with E-state index in [9.17, 15) is 31.4 Å². The Labute approximate surface area is 127 Å². The molecule has 8 heteroatoms. The molecule has 2 nitrogen and oxygen atoms in total. The smallest absolute Gasteiger partial charge is 0.416 e. The second-order valence-electron chi connectivity index (χ2n) is 4.78. The Bertz CT molecular complexity index is 661. The molecular formula is C15H11F6NO. The Hall–Kier alpha value is -2.38. The Morgan fingerprint density at radius 1 is 0.826 bits per heavy atom. The first kappa shape index (κ1) is 17.0. The number of para-hydroxylation sites is 2. The van der Waals surface area contributed by atoms with Crippen molar-refractivity contribution in [2.45, 2.75) is 18.9 Å². The molecule has 0 spiro atoms. The number of phenolic OH excluding ortho intramolecular Hbond substituents is 1. The van der Waals surface area contributed by atoms with Crippen molar-refractivity contribution in [3.05, 3.63) is 59.2 Å². The summed E-state index contributed by atoms with van der Waals surface area (Å²) < 4.78 is 76.4. The first-order valence-corrected chi connectivity index (χ1v) is 6.37. The monoisotopic (exact) mass is 335 g/mol. The van der Waals surface area contributed by atoms with Gasteiger partial charge in [0.2, 0.25) is 0 Å². The Kier molecular flexibility index (Phi) is 4.44. The van der Waals surface area contributed by atoms with Gasteiger partial charge in [0.1, 0.15) is 5.75 Å². The summed E-state index contributed by atoms with van der Waals surface area (Å²) in [4.78, 5) is 0.